The molecule has 0 saturated heterocycles. The quantitative estimate of drug-likeness (QED) is 0.693. The van der Waals surface area contributed by atoms with E-state index in [0.29, 0.717) is 0 Å². The number of sulfonamides is 1. The summed E-state index contributed by atoms with van der Waals surface area (Å²) in [7, 11) is -3.91. The molecule has 2 aromatic carbocycles. The average Bonchev–Trinajstić information content (AvgIpc) is 2.47. The van der Waals surface area contributed by atoms with Gasteiger partial charge in [0.2, 0.25) is 0 Å². The second kappa shape index (κ2) is 6.18. The molecular formula is C14H11F3N2O2S. The molecule has 0 bridgehead atoms. The zero-order valence-electron chi connectivity index (χ0n) is 11.1. The van der Waals surface area contributed by atoms with Crippen LogP contribution in [0, 0.1) is 0 Å². The van der Waals surface area contributed by atoms with E-state index in [-0.39, 0.29) is 10.5 Å². The molecule has 0 unspecified atom stereocenters. The van der Waals surface area contributed by atoms with E-state index in [1.54, 1.807) is 6.07 Å². The van der Waals surface area contributed by atoms with E-state index in [9.17, 15) is 21.6 Å². The highest BCUT2D eigenvalue weighted by Gasteiger charge is 2.32. The maximum atomic E-state index is 12.8. The zero-order valence-corrected chi connectivity index (χ0v) is 11.9. The molecule has 0 saturated carbocycles. The Morgan fingerprint density at radius 1 is 0.955 bits per heavy atom. The van der Waals surface area contributed by atoms with Crippen LogP contribution in [-0.4, -0.2) is 14.6 Å². The summed E-state index contributed by atoms with van der Waals surface area (Å²) >= 11 is 0. The summed E-state index contributed by atoms with van der Waals surface area (Å²) in [6.07, 6.45) is -3.72. The van der Waals surface area contributed by atoms with Crippen molar-refractivity contribution in [2.24, 2.45) is 5.10 Å². The van der Waals surface area contributed by atoms with E-state index in [2.05, 4.69) is 5.10 Å². The zero-order chi connectivity index (χ0) is 16.2. The smallest absolute Gasteiger partial charge is 0.200 e. The molecule has 2 aromatic rings. The minimum Gasteiger partial charge on any atom is -0.200 e. The molecule has 0 amide bonds. The van der Waals surface area contributed by atoms with Gasteiger partial charge >= 0.3 is 6.18 Å². The number of rotatable bonds is 4. The lowest BCUT2D eigenvalue weighted by atomic mass is 10.1. The van der Waals surface area contributed by atoms with Crippen molar-refractivity contribution in [3.8, 4) is 0 Å². The predicted octanol–water partition coefficient (Wildman–Crippen LogP) is 3.02. The van der Waals surface area contributed by atoms with E-state index < -0.39 is 21.8 Å². The Morgan fingerprint density at radius 2 is 1.55 bits per heavy atom. The second-order valence-electron chi connectivity index (χ2n) is 4.25. The number of hydrogen-bond donors (Lipinski definition) is 1. The second-order valence-corrected chi connectivity index (χ2v) is 5.91. The van der Waals surface area contributed by atoms with E-state index in [1.807, 2.05) is 4.83 Å². The Kier molecular flexibility index (Phi) is 4.51. The van der Waals surface area contributed by atoms with Crippen molar-refractivity contribution in [1.29, 1.82) is 0 Å². The van der Waals surface area contributed by atoms with Crippen molar-refractivity contribution >= 4 is 16.2 Å². The molecule has 0 aliphatic heterocycles. The van der Waals surface area contributed by atoms with Crippen LogP contribution < -0.4 is 4.83 Å². The summed E-state index contributed by atoms with van der Waals surface area (Å²) in [6, 6.07) is 12.1. The van der Waals surface area contributed by atoms with Crippen LogP contribution >= 0.6 is 0 Å². The third-order valence-corrected chi connectivity index (χ3v) is 3.93. The standard InChI is InChI=1S/C14H11F3N2O2S/c15-14(16,17)13-9-5-4-6-11(13)10-18-19-22(20,21)12-7-2-1-3-8-12/h1-10,19H/b18-10+. The van der Waals surface area contributed by atoms with Crippen LogP contribution in [0.4, 0.5) is 13.2 Å². The van der Waals surface area contributed by atoms with Crippen LogP contribution in [-0.2, 0) is 16.2 Å². The first-order valence-electron chi connectivity index (χ1n) is 6.07. The summed E-state index contributed by atoms with van der Waals surface area (Å²) in [6.45, 7) is 0. The molecule has 0 fully saturated rings. The molecule has 0 radical (unpaired) electrons. The third-order valence-electron chi connectivity index (χ3n) is 2.70. The summed E-state index contributed by atoms with van der Waals surface area (Å²) < 4.78 is 62.0. The van der Waals surface area contributed by atoms with Crippen molar-refractivity contribution < 1.29 is 21.6 Å². The maximum absolute atomic E-state index is 12.8. The van der Waals surface area contributed by atoms with Gasteiger partial charge in [0.25, 0.3) is 10.0 Å². The number of alkyl halides is 3. The van der Waals surface area contributed by atoms with Crippen LogP contribution in [0.5, 0.6) is 0 Å². The fourth-order valence-corrected chi connectivity index (χ4v) is 2.50. The lowest BCUT2D eigenvalue weighted by Gasteiger charge is -2.09. The van der Waals surface area contributed by atoms with Crippen molar-refractivity contribution in [2.45, 2.75) is 11.1 Å². The molecule has 4 nitrogen and oxygen atoms in total. The predicted molar refractivity (Wildman–Crippen MR) is 75.8 cm³/mol. The highest BCUT2D eigenvalue weighted by Crippen LogP contribution is 2.31. The molecule has 8 heteroatoms. The van der Waals surface area contributed by atoms with Crippen LogP contribution in [0.2, 0.25) is 0 Å². The van der Waals surface area contributed by atoms with Gasteiger partial charge in [-0.05, 0) is 18.2 Å². The number of nitrogens with zero attached hydrogens (tertiary/aromatic N) is 1. The fraction of sp³-hybridized carbons (Fsp3) is 0.0714. The van der Waals surface area contributed by atoms with Crippen LogP contribution in [0.1, 0.15) is 11.1 Å². The summed E-state index contributed by atoms with van der Waals surface area (Å²) in [5.41, 5.74) is -1.12. The first-order chi connectivity index (χ1) is 10.3. The van der Waals surface area contributed by atoms with Crippen LogP contribution in [0.25, 0.3) is 0 Å². The lowest BCUT2D eigenvalue weighted by molar-refractivity contribution is -0.137. The Balaban J connectivity index is 2.21. The van der Waals surface area contributed by atoms with Gasteiger partial charge in [-0.3, -0.25) is 0 Å². The normalized spacial score (nSPS) is 12.5. The minimum atomic E-state index is -4.54. The largest absolute Gasteiger partial charge is 0.417 e. The van der Waals surface area contributed by atoms with E-state index in [4.69, 9.17) is 0 Å². The molecule has 116 valence electrons. The highest BCUT2D eigenvalue weighted by molar-refractivity contribution is 7.89. The Bertz CT molecular complexity index is 772. The minimum absolute atomic E-state index is 0.0312. The topological polar surface area (TPSA) is 58.5 Å². The van der Waals surface area contributed by atoms with E-state index in [0.717, 1.165) is 12.3 Å². The average molecular weight is 328 g/mol. The van der Waals surface area contributed by atoms with E-state index in [1.165, 1.54) is 42.5 Å². The molecule has 2 rings (SSSR count). The molecule has 0 aromatic heterocycles. The van der Waals surface area contributed by atoms with Gasteiger partial charge in [0.15, 0.2) is 0 Å². The van der Waals surface area contributed by atoms with Gasteiger partial charge in [0.1, 0.15) is 0 Å². The van der Waals surface area contributed by atoms with Gasteiger partial charge in [-0.25, -0.2) is 4.83 Å². The third kappa shape index (κ3) is 3.85. The summed E-state index contributed by atoms with van der Waals surface area (Å²) in [5, 5.41) is 3.40. The van der Waals surface area contributed by atoms with Gasteiger partial charge in [-0.1, -0.05) is 36.4 Å². The van der Waals surface area contributed by atoms with Crippen molar-refractivity contribution in [2.75, 3.05) is 0 Å². The summed E-state index contributed by atoms with van der Waals surface area (Å²) in [5.74, 6) is 0. The molecule has 0 aliphatic carbocycles. The fourth-order valence-electron chi connectivity index (χ4n) is 1.69. The Hall–Kier alpha value is -2.35. The van der Waals surface area contributed by atoms with Gasteiger partial charge < -0.3 is 0 Å². The Labute approximate surface area is 125 Å². The maximum Gasteiger partial charge on any atom is 0.417 e. The molecule has 0 heterocycles. The molecule has 0 spiro atoms. The Morgan fingerprint density at radius 3 is 2.18 bits per heavy atom. The van der Waals surface area contributed by atoms with Crippen molar-refractivity contribution in [1.82, 2.24) is 4.83 Å². The van der Waals surface area contributed by atoms with Crippen LogP contribution in [0.3, 0.4) is 0 Å². The molecular weight excluding hydrogens is 317 g/mol. The monoisotopic (exact) mass is 328 g/mol. The lowest BCUT2D eigenvalue weighted by Crippen LogP contribution is -2.18. The van der Waals surface area contributed by atoms with Gasteiger partial charge in [0.05, 0.1) is 16.7 Å². The van der Waals surface area contributed by atoms with Gasteiger partial charge in [0, 0.05) is 5.56 Å². The van der Waals surface area contributed by atoms with Crippen LogP contribution in [0.15, 0.2) is 64.6 Å². The number of nitrogens with one attached hydrogen (secondary N) is 1. The number of hydrogen-bond acceptors (Lipinski definition) is 3. The van der Waals surface area contributed by atoms with E-state index >= 15 is 0 Å². The molecule has 0 aliphatic rings. The van der Waals surface area contributed by atoms with Crippen molar-refractivity contribution in [3.63, 3.8) is 0 Å². The molecule has 1 N–H and O–H groups in total. The highest BCUT2D eigenvalue weighted by atomic mass is 32.2. The van der Waals surface area contributed by atoms with Crippen molar-refractivity contribution in [3.05, 3.63) is 65.7 Å². The number of benzene rings is 2. The molecule has 0 atom stereocenters. The summed E-state index contributed by atoms with van der Waals surface area (Å²) in [4.78, 5) is 1.85. The molecule has 22 heavy (non-hydrogen) atoms. The number of halogens is 3. The first kappa shape index (κ1) is 16.0. The van der Waals surface area contributed by atoms with Gasteiger partial charge in [-0.15, -0.1) is 0 Å². The number of hydrazone groups is 1. The first-order valence-corrected chi connectivity index (χ1v) is 7.55. The van der Waals surface area contributed by atoms with Gasteiger partial charge in [-0.2, -0.15) is 26.7 Å². The SMILES string of the molecule is O=S(=O)(N/N=C/c1ccccc1C(F)(F)F)c1ccccc1.